The Morgan fingerprint density at radius 3 is 2.50 bits per heavy atom. The Labute approximate surface area is 74.0 Å². The molecule has 1 rings (SSSR count). The van der Waals surface area contributed by atoms with E-state index < -0.39 is 0 Å². The molecular weight excluding hydrogens is 150 g/mol. The van der Waals surface area contributed by atoms with E-state index in [2.05, 4.69) is 26.1 Å². The molecule has 0 amide bonds. The van der Waals surface area contributed by atoms with Gasteiger partial charge in [0.1, 0.15) is 11.5 Å². The third-order valence-corrected chi connectivity index (χ3v) is 1.75. The molecular formula is C10H17NO. The number of furan rings is 1. The van der Waals surface area contributed by atoms with E-state index in [0.29, 0.717) is 6.04 Å². The van der Waals surface area contributed by atoms with Crippen LogP contribution in [0, 0.1) is 0 Å². The molecule has 2 nitrogen and oxygen atoms in total. The topological polar surface area (TPSA) is 25.2 Å². The van der Waals surface area contributed by atoms with Gasteiger partial charge in [0, 0.05) is 12.5 Å². The molecule has 0 bridgehead atoms. The van der Waals surface area contributed by atoms with Crippen LogP contribution in [-0.4, -0.2) is 6.04 Å². The molecule has 12 heavy (non-hydrogen) atoms. The van der Waals surface area contributed by atoms with Crippen molar-refractivity contribution in [3.8, 4) is 0 Å². The minimum absolute atomic E-state index is 0.514. The normalized spacial score (nSPS) is 11.0. The van der Waals surface area contributed by atoms with Crippen LogP contribution in [0.2, 0.25) is 0 Å². The number of hydrogen-bond acceptors (Lipinski definition) is 2. The van der Waals surface area contributed by atoms with Gasteiger partial charge in [-0.3, -0.25) is 0 Å². The fraction of sp³-hybridized carbons (Fsp3) is 0.600. The molecule has 0 aliphatic rings. The fourth-order valence-corrected chi connectivity index (χ4v) is 1.01. The van der Waals surface area contributed by atoms with Gasteiger partial charge in [0.05, 0.1) is 6.54 Å². The first-order valence-corrected chi connectivity index (χ1v) is 4.53. The predicted octanol–water partition coefficient (Wildman–Crippen LogP) is 2.34. The lowest BCUT2D eigenvalue weighted by atomic mass is 10.3. The Balaban J connectivity index is 2.41. The van der Waals surface area contributed by atoms with Crippen molar-refractivity contribution in [1.29, 1.82) is 0 Å². The van der Waals surface area contributed by atoms with Gasteiger partial charge in [-0.25, -0.2) is 0 Å². The van der Waals surface area contributed by atoms with E-state index in [9.17, 15) is 0 Å². The van der Waals surface area contributed by atoms with Crippen LogP contribution in [0.1, 0.15) is 32.3 Å². The number of rotatable bonds is 4. The van der Waals surface area contributed by atoms with Crippen LogP contribution in [-0.2, 0) is 13.0 Å². The van der Waals surface area contributed by atoms with E-state index in [0.717, 1.165) is 24.5 Å². The SMILES string of the molecule is CCc1ccc(CNC(C)C)o1. The summed E-state index contributed by atoms with van der Waals surface area (Å²) in [5.41, 5.74) is 0. The van der Waals surface area contributed by atoms with Gasteiger partial charge in [-0.15, -0.1) is 0 Å². The fourth-order valence-electron chi connectivity index (χ4n) is 1.01. The lowest BCUT2D eigenvalue weighted by molar-refractivity contribution is 0.438. The summed E-state index contributed by atoms with van der Waals surface area (Å²) in [5.74, 6) is 2.09. The maximum atomic E-state index is 5.52. The van der Waals surface area contributed by atoms with Crippen LogP contribution in [0.4, 0.5) is 0 Å². The predicted molar refractivity (Wildman–Crippen MR) is 50.1 cm³/mol. The van der Waals surface area contributed by atoms with Gasteiger partial charge in [0.25, 0.3) is 0 Å². The van der Waals surface area contributed by atoms with Gasteiger partial charge in [-0.2, -0.15) is 0 Å². The van der Waals surface area contributed by atoms with E-state index in [4.69, 9.17) is 4.42 Å². The highest BCUT2D eigenvalue weighted by Crippen LogP contribution is 2.07. The maximum Gasteiger partial charge on any atom is 0.117 e. The average Bonchev–Trinajstić information content (AvgIpc) is 2.48. The molecule has 0 unspecified atom stereocenters. The zero-order valence-electron chi connectivity index (χ0n) is 8.05. The summed E-state index contributed by atoms with van der Waals surface area (Å²) in [7, 11) is 0. The largest absolute Gasteiger partial charge is 0.465 e. The van der Waals surface area contributed by atoms with E-state index in [1.165, 1.54) is 0 Å². The zero-order chi connectivity index (χ0) is 8.97. The zero-order valence-corrected chi connectivity index (χ0v) is 8.05. The molecule has 0 saturated heterocycles. The Morgan fingerprint density at radius 1 is 1.33 bits per heavy atom. The average molecular weight is 167 g/mol. The molecule has 1 heterocycles. The van der Waals surface area contributed by atoms with Crippen molar-refractivity contribution in [2.45, 2.75) is 39.8 Å². The van der Waals surface area contributed by atoms with Crippen molar-refractivity contribution < 1.29 is 4.42 Å². The lowest BCUT2D eigenvalue weighted by Crippen LogP contribution is -2.21. The first-order valence-electron chi connectivity index (χ1n) is 4.53. The van der Waals surface area contributed by atoms with E-state index in [1.54, 1.807) is 0 Å². The van der Waals surface area contributed by atoms with Crippen molar-refractivity contribution >= 4 is 0 Å². The van der Waals surface area contributed by atoms with Gasteiger partial charge < -0.3 is 9.73 Å². The molecule has 0 radical (unpaired) electrons. The minimum atomic E-state index is 0.514. The summed E-state index contributed by atoms with van der Waals surface area (Å²) in [6.07, 6.45) is 0.974. The summed E-state index contributed by atoms with van der Waals surface area (Å²) in [5, 5.41) is 3.31. The number of hydrogen-bond donors (Lipinski definition) is 1. The third kappa shape index (κ3) is 2.70. The molecule has 0 spiro atoms. The molecule has 0 fully saturated rings. The Hall–Kier alpha value is -0.760. The monoisotopic (exact) mass is 167 g/mol. The molecule has 68 valence electrons. The quantitative estimate of drug-likeness (QED) is 0.744. The second kappa shape index (κ2) is 4.31. The van der Waals surface area contributed by atoms with Crippen LogP contribution in [0.5, 0.6) is 0 Å². The van der Waals surface area contributed by atoms with Crippen LogP contribution in [0.15, 0.2) is 16.5 Å². The van der Waals surface area contributed by atoms with Gasteiger partial charge in [0.2, 0.25) is 0 Å². The summed E-state index contributed by atoms with van der Waals surface area (Å²) >= 11 is 0. The molecule has 0 aromatic carbocycles. The third-order valence-electron chi connectivity index (χ3n) is 1.75. The molecule has 0 aliphatic heterocycles. The summed E-state index contributed by atoms with van der Waals surface area (Å²) < 4.78 is 5.52. The van der Waals surface area contributed by atoms with E-state index in [1.807, 2.05) is 12.1 Å². The molecule has 1 aromatic rings. The second-order valence-electron chi connectivity index (χ2n) is 3.26. The lowest BCUT2D eigenvalue weighted by Gasteiger charge is -2.04. The van der Waals surface area contributed by atoms with Crippen molar-refractivity contribution in [2.24, 2.45) is 0 Å². The smallest absolute Gasteiger partial charge is 0.117 e. The molecule has 2 heteroatoms. The summed E-state index contributed by atoms with van der Waals surface area (Å²) in [6.45, 7) is 7.18. The molecule has 0 atom stereocenters. The highest BCUT2D eigenvalue weighted by molar-refractivity contribution is 5.06. The van der Waals surface area contributed by atoms with Gasteiger partial charge in [-0.05, 0) is 12.1 Å². The Bertz CT molecular complexity index is 227. The minimum Gasteiger partial charge on any atom is -0.465 e. The molecule has 0 aliphatic carbocycles. The van der Waals surface area contributed by atoms with Gasteiger partial charge >= 0.3 is 0 Å². The molecule has 1 aromatic heterocycles. The summed E-state index contributed by atoms with van der Waals surface area (Å²) in [4.78, 5) is 0. The van der Waals surface area contributed by atoms with Crippen molar-refractivity contribution in [2.75, 3.05) is 0 Å². The Morgan fingerprint density at radius 2 is 2.00 bits per heavy atom. The Kier molecular flexibility index (Phi) is 3.35. The van der Waals surface area contributed by atoms with E-state index in [-0.39, 0.29) is 0 Å². The van der Waals surface area contributed by atoms with Crippen molar-refractivity contribution in [3.05, 3.63) is 23.7 Å². The van der Waals surface area contributed by atoms with Crippen LogP contribution in [0.3, 0.4) is 0 Å². The molecule has 1 N–H and O–H groups in total. The maximum absolute atomic E-state index is 5.52. The van der Waals surface area contributed by atoms with Crippen LogP contribution < -0.4 is 5.32 Å². The first kappa shape index (κ1) is 9.33. The number of nitrogens with one attached hydrogen (secondary N) is 1. The second-order valence-corrected chi connectivity index (χ2v) is 3.26. The van der Waals surface area contributed by atoms with Crippen LogP contribution in [0.25, 0.3) is 0 Å². The van der Waals surface area contributed by atoms with Crippen LogP contribution >= 0.6 is 0 Å². The van der Waals surface area contributed by atoms with Gasteiger partial charge in [0.15, 0.2) is 0 Å². The highest BCUT2D eigenvalue weighted by Gasteiger charge is 2.00. The highest BCUT2D eigenvalue weighted by atomic mass is 16.3. The standard InChI is InChI=1S/C10H17NO/c1-4-9-5-6-10(12-9)7-11-8(2)3/h5-6,8,11H,4,7H2,1-3H3. The number of aryl methyl sites for hydroxylation is 1. The summed E-state index contributed by atoms with van der Waals surface area (Å²) in [6, 6.07) is 4.59. The van der Waals surface area contributed by atoms with Crippen molar-refractivity contribution in [3.63, 3.8) is 0 Å². The molecule has 0 saturated carbocycles. The van der Waals surface area contributed by atoms with Gasteiger partial charge in [-0.1, -0.05) is 20.8 Å². The van der Waals surface area contributed by atoms with Crippen molar-refractivity contribution in [1.82, 2.24) is 5.32 Å². The van der Waals surface area contributed by atoms with E-state index >= 15 is 0 Å². The first-order chi connectivity index (χ1) is 5.72.